The molecule has 2 aromatic rings. The number of methoxy groups -OCH3 is 1. The van der Waals surface area contributed by atoms with Crippen LogP contribution in [0, 0.1) is 5.92 Å². The van der Waals surface area contributed by atoms with Gasteiger partial charge in [-0.2, -0.15) is 0 Å². The fourth-order valence-corrected chi connectivity index (χ4v) is 4.83. The number of morpholine rings is 1. The summed E-state index contributed by atoms with van der Waals surface area (Å²) in [6.07, 6.45) is 2.52. The van der Waals surface area contributed by atoms with Crippen LogP contribution in [0.2, 0.25) is 0 Å². The Morgan fingerprint density at radius 3 is 2.03 bits per heavy atom. The lowest BCUT2D eigenvalue weighted by Crippen LogP contribution is -2.44. The van der Waals surface area contributed by atoms with Crippen LogP contribution in [0.4, 0.5) is 0 Å². The molecule has 0 bridgehead atoms. The highest BCUT2D eigenvalue weighted by Gasteiger charge is 2.29. The van der Waals surface area contributed by atoms with Crippen molar-refractivity contribution in [1.29, 1.82) is 0 Å². The molecule has 0 N–H and O–H groups in total. The monoisotopic (exact) mass is 394 g/mol. The Balaban J connectivity index is 1.39. The summed E-state index contributed by atoms with van der Waals surface area (Å²) in [5, 5.41) is 0. The summed E-state index contributed by atoms with van der Waals surface area (Å²) in [6.45, 7) is 8.72. The van der Waals surface area contributed by atoms with E-state index in [1.165, 1.54) is 50.1 Å². The van der Waals surface area contributed by atoms with E-state index in [1.807, 2.05) is 0 Å². The van der Waals surface area contributed by atoms with Gasteiger partial charge >= 0.3 is 0 Å². The van der Waals surface area contributed by atoms with E-state index in [0.29, 0.717) is 11.8 Å². The molecule has 4 rings (SSSR count). The van der Waals surface area contributed by atoms with Gasteiger partial charge in [0.05, 0.1) is 20.3 Å². The third-order valence-corrected chi connectivity index (χ3v) is 6.57. The third-order valence-electron chi connectivity index (χ3n) is 6.57. The highest BCUT2D eigenvalue weighted by Crippen LogP contribution is 2.38. The van der Waals surface area contributed by atoms with Crippen molar-refractivity contribution in [2.45, 2.75) is 18.8 Å². The summed E-state index contributed by atoms with van der Waals surface area (Å²) in [4.78, 5) is 5.20. The van der Waals surface area contributed by atoms with Gasteiger partial charge in [0, 0.05) is 32.1 Å². The Labute approximate surface area is 175 Å². The molecule has 2 aliphatic heterocycles. The number of hydrogen-bond acceptors (Lipinski definition) is 4. The van der Waals surface area contributed by atoms with E-state index >= 15 is 0 Å². The summed E-state index contributed by atoms with van der Waals surface area (Å²) in [5.74, 6) is 2.08. The zero-order valence-corrected chi connectivity index (χ0v) is 17.6. The Morgan fingerprint density at radius 1 is 0.828 bits per heavy atom. The molecule has 4 heteroatoms. The quantitative estimate of drug-likeness (QED) is 0.712. The zero-order chi connectivity index (χ0) is 19.9. The Hall–Kier alpha value is -1.88. The standard InChI is InChI=1S/C25H34N2O2/c1-28-24-9-7-22(8-10-24)25(21-5-3-2-4-6-21)23-11-13-26(14-12-23)15-16-27-17-19-29-20-18-27/h2-10,23,25H,11-20H2,1H3. The highest BCUT2D eigenvalue weighted by atomic mass is 16.5. The van der Waals surface area contributed by atoms with Crippen molar-refractivity contribution in [1.82, 2.24) is 9.80 Å². The smallest absolute Gasteiger partial charge is 0.118 e. The van der Waals surface area contributed by atoms with Gasteiger partial charge in [-0.15, -0.1) is 0 Å². The van der Waals surface area contributed by atoms with Crippen LogP contribution in [0.15, 0.2) is 54.6 Å². The summed E-state index contributed by atoms with van der Waals surface area (Å²) in [7, 11) is 1.73. The average molecular weight is 395 g/mol. The van der Waals surface area contributed by atoms with Crippen LogP contribution in [-0.2, 0) is 4.74 Å². The number of rotatable bonds is 7. The van der Waals surface area contributed by atoms with Crippen LogP contribution in [0.1, 0.15) is 29.9 Å². The molecule has 1 unspecified atom stereocenters. The minimum absolute atomic E-state index is 0.462. The maximum atomic E-state index is 5.47. The van der Waals surface area contributed by atoms with Crippen molar-refractivity contribution in [3.8, 4) is 5.75 Å². The maximum Gasteiger partial charge on any atom is 0.118 e. The van der Waals surface area contributed by atoms with Gasteiger partial charge in [0.1, 0.15) is 5.75 Å². The van der Waals surface area contributed by atoms with E-state index in [-0.39, 0.29) is 0 Å². The number of hydrogen-bond donors (Lipinski definition) is 0. The first-order valence-corrected chi connectivity index (χ1v) is 11.0. The second-order valence-electron chi connectivity index (χ2n) is 8.29. The SMILES string of the molecule is COc1ccc(C(c2ccccc2)C2CCN(CCN3CCOCC3)CC2)cc1. The molecule has 0 saturated carbocycles. The van der Waals surface area contributed by atoms with Gasteiger partial charge in [0.2, 0.25) is 0 Å². The Morgan fingerprint density at radius 2 is 1.41 bits per heavy atom. The van der Waals surface area contributed by atoms with E-state index in [1.54, 1.807) is 7.11 Å². The van der Waals surface area contributed by atoms with Gasteiger partial charge in [-0.3, -0.25) is 4.90 Å². The molecule has 4 nitrogen and oxygen atoms in total. The van der Waals surface area contributed by atoms with E-state index in [0.717, 1.165) is 32.1 Å². The average Bonchev–Trinajstić information content (AvgIpc) is 2.81. The number of ether oxygens (including phenoxy) is 2. The largest absolute Gasteiger partial charge is 0.497 e. The van der Waals surface area contributed by atoms with Gasteiger partial charge in [-0.1, -0.05) is 42.5 Å². The molecule has 2 saturated heterocycles. The van der Waals surface area contributed by atoms with Crippen molar-refractivity contribution < 1.29 is 9.47 Å². The normalized spacial score (nSPS) is 20.4. The number of piperidine rings is 1. The summed E-state index contributed by atoms with van der Waals surface area (Å²) in [6, 6.07) is 19.7. The van der Waals surface area contributed by atoms with Gasteiger partial charge in [0.25, 0.3) is 0 Å². The molecule has 0 radical (unpaired) electrons. The zero-order valence-electron chi connectivity index (χ0n) is 17.6. The van der Waals surface area contributed by atoms with E-state index in [2.05, 4.69) is 64.4 Å². The first-order chi connectivity index (χ1) is 14.3. The minimum atomic E-state index is 0.462. The first-order valence-electron chi connectivity index (χ1n) is 11.0. The van der Waals surface area contributed by atoms with E-state index < -0.39 is 0 Å². The topological polar surface area (TPSA) is 24.9 Å². The number of nitrogens with zero attached hydrogens (tertiary/aromatic N) is 2. The first kappa shape index (κ1) is 20.4. The lowest BCUT2D eigenvalue weighted by Gasteiger charge is -2.38. The summed E-state index contributed by atoms with van der Waals surface area (Å²) in [5.41, 5.74) is 2.84. The fraction of sp³-hybridized carbons (Fsp3) is 0.520. The molecule has 2 aliphatic rings. The third kappa shape index (κ3) is 5.39. The Bertz CT molecular complexity index is 720. The molecule has 2 fully saturated rings. The molecule has 1 atom stereocenters. The fourth-order valence-electron chi connectivity index (χ4n) is 4.83. The molecule has 0 spiro atoms. The molecule has 2 heterocycles. The lowest BCUT2D eigenvalue weighted by molar-refractivity contribution is 0.0312. The van der Waals surface area contributed by atoms with Gasteiger partial charge in [0.15, 0.2) is 0 Å². The van der Waals surface area contributed by atoms with Crippen molar-refractivity contribution in [3.63, 3.8) is 0 Å². The van der Waals surface area contributed by atoms with Crippen LogP contribution >= 0.6 is 0 Å². The molecule has 2 aromatic carbocycles. The van der Waals surface area contributed by atoms with Gasteiger partial charge < -0.3 is 14.4 Å². The number of likely N-dealkylation sites (tertiary alicyclic amines) is 1. The van der Waals surface area contributed by atoms with Gasteiger partial charge in [-0.05, 0) is 55.1 Å². The predicted octanol–water partition coefficient (Wildman–Crippen LogP) is 3.87. The lowest BCUT2D eigenvalue weighted by atomic mass is 9.76. The summed E-state index contributed by atoms with van der Waals surface area (Å²) >= 11 is 0. The highest BCUT2D eigenvalue weighted by molar-refractivity contribution is 5.36. The van der Waals surface area contributed by atoms with E-state index in [9.17, 15) is 0 Å². The minimum Gasteiger partial charge on any atom is -0.497 e. The van der Waals surface area contributed by atoms with Crippen LogP contribution < -0.4 is 4.74 Å². The maximum absolute atomic E-state index is 5.47. The second kappa shape index (κ2) is 10.2. The van der Waals surface area contributed by atoms with Crippen LogP contribution in [0.25, 0.3) is 0 Å². The van der Waals surface area contributed by atoms with Crippen molar-refractivity contribution in [3.05, 3.63) is 65.7 Å². The molecule has 0 aromatic heterocycles. The molecule has 29 heavy (non-hydrogen) atoms. The van der Waals surface area contributed by atoms with Crippen LogP contribution in [0.3, 0.4) is 0 Å². The Kier molecular flexibility index (Phi) is 7.20. The van der Waals surface area contributed by atoms with Crippen LogP contribution in [-0.4, -0.2) is 69.4 Å². The van der Waals surface area contributed by atoms with Crippen molar-refractivity contribution in [2.24, 2.45) is 5.92 Å². The van der Waals surface area contributed by atoms with Crippen LogP contribution in [0.5, 0.6) is 5.75 Å². The molecule has 0 aliphatic carbocycles. The summed E-state index contributed by atoms with van der Waals surface area (Å²) < 4.78 is 10.8. The van der Waals surface area contributed by atoms with Gasteiger partial charge in [-0.25, -0.2) is 0 Å². The second-order valence-corrected chi connectivity index (χ2v) is 8.29. The van der Waals surface area contributed by atoms with E-state index in [4.69, 9.17) is 9.47 Å². The molecule has 156 valence electrons. The molecular weight excluding hydrogens is 360 g/mol. The van der Waals surface area contributed by atoms with Crippen molar-refractivity contribution in [2.75, 3.05) is 59.6 Å². The predicted molar refractivity (Wildman–Crippen MR) is 118 cm³/mol. The molecular formula is C25H34N2O2. The van der Waals surface area contributed by atoms with Crippen molar-refractivity contribution >= 4 is 0 Å². The molecule has 0 amide bonds. The number of benzene rings is 2.